The predicted octanol–water partition coefficient (Wildman–Crippen LogP) is 2.94. The zero-order chi connectivity index (χ0) is 19.1. The summed E-state index contributed by atoms with van der Waals surface area (Å²) in [5, 5.41) is 11.5. The molecule has 7 heteroatoms. The van der Waals surface area contributed by atoms with Crippen molar-refractivity contribution in [3.63, 3.8) is 0 Å². The second-order valence-electron chi connectivity index (χ2n) is 5.84. The number of benzene rings is 2. The van der Waals surface area contributed by atoms with E-state index in [-0.39, 0.29) is 11.7 Å². The fourth-order valence-electron chi connectivity index (χ4n) is 2.61. The van der Waals surface area contributed by atoms with Crippen molar-refractivity contribution in [1.82, 2.24) is 20.1 Å². The molecular formula is C20H20N4O2S. The van der Waals surface area contributed by atoms with Crippen molar-refractivity contribution in [2.45, 2.75) is 25.0 Å². The molecule has 2 amide bonds. The van der Waals surface area contributed by atoms with Crippen LogP contribution in [0.25, 0.3) is 0 Å². The normalized spacial score (nSPS) is 10.6. The molecule has 0 saturated carbocycles. The summed E-state index contributed by atoms with van der Waals surface area (Å²) in [7, 11) is 0. The van der Waals surface area contributed by atoms with E-state index in [0.29, 0.717) is 23.7 Å². The van der Waals surface area contributed by atoms with Crippen LogP contribution in [0.1, 0.15) is 28.7 Å². The van der Waals surface area contributed by atoms with Crippen LogP contribution in [-0.4, -0.2) is 32.3 Å². The first-order chi connectivity index (χ1) is 13.2. The highest BCUT2D eigenvalue weighted by Crippen LogP contribution is 2.18. The van der Waals surface area contributed by atoms with E-state index in [9.17, 15) is 9.59 Å². The van der Waals surface area contributed by atoms with E-state index in [4.69, 9.17) is 0 Å². The summed E-state index contributed by atoms with van der Waals surface area (Å²) in [5.41, 5.74) is 1.61. The SMILES string of the molecule is CCn1c(Cc2ccccc2)nnc1SCC(=O)NC(=O)c1ccccc1. The van der Waals surface area contributed by atoms with Gasteiger partial charge in [0.05, 0.1) is 5.75 Å². The van der Waals surface area contributed by atoms with Crippen molar-refractivity contribution >= 4 is 23.6 Å². The quantitative estimate of drug-likeness (QED) is 0.638. The lowest BCUT2D eigenvalue weighted by molar-refractivity contribution is -0.117. The Morgan fingerprint density at radius 2 is 1.67 bits per heavy atom. The molecule has 138 valence electrons. The van der Waals surface area contributed by atoms with Gasteiger partial charge in [-0.3, -0.25) is 14.9 Å². The van der Waals surface area contributed by atoms with Gasteiger partial charge in [0.25, 0.3) is 5.91 Å². The molecule has 0 fully saturated rings. The zero-order valence-electron chi connectivity index (χ0n) is 15.0. The van der Waals surface area contributed by atoms with Gasteiger partial charge in [0.2, 0.25) is 5.91 Å². The van der Waals surface area contributed by atoms with Crippen LogP contribution < -0.4 is 5.32 Å². The molecule has 0 aliphatic carbocycles. The highest BCUT2D eigenvalue weighted by molar-refractivity contribution is 7.99. The maximum atomic E-state index is 12.1. The highest BCUT2D eigenvalue weighted by atomic mass is 32.2. The van der Waals surface area contributed by atoms with E-state index in [1.807, 2.05) is 47.9 Å². The molecule has 3 rings (SSSR count). The summed E-state index contributed by atoms with van der Waals surface area (Å²) in [6, 6.07) is 18.7. The van der Waals surface area contributed by atoms with Crippen molar-refractivity contribution in [3.05, 3.63) is 77.6 Å². The van der Waals surface area contributed by atoms with E-state index < -0.39 is 5.91 Å². The summed E-state index contributed by atoms with van der Waals surface area (Å²) in [6.07, 6.45) is 0.681. The standard InChI is InChI=1S/C20H20N4O2S/c1-2-24-17(13-15-9-5-3-6-10-15)22-23-20(24)27-14-18(25)21-19(26)16-11-7-4-8-12-16/h3-12H,2,13-14H2,1H3,(H,21,25,26). The van der Waals surface area contributed by atoms with Crippen LogP contribution in [0.4, 0.5) is 0 Å². The van der Waals surface area contributed by atoms with Gasteiger partial charge in [-0.25, -0.2) is 0 Å². The molecular weight excluding hydrogens is 360 g/mol. The average Bonchev–Trinajstić information content (AvgIpc) is 3.09. The number of carbonyl (C=O) groups is 2. The van der Waals surface area contributed by atoms with Gasteiger partial charge in [0.1, 0.15) is 5.82 Å². The molecule has 3 aromatic rings. The monoisotopic (exact) mass is 380 g/mol. The summed E-state index contributed by atoms with van der Waals surface area (Å²) in [4.78, 5) is 24.1. The van der Waals surface area contributed by atoms with Gasteiger partial charge in [0, 0.05) is 18.5 Å². The molecule has 0 bridgehead atoms. The van der Waals surface area contributed by atoms with Crippen molar-refractivity contribution in [2.24, 2.45) is 0 Å². The lowest BCUT2D eigenvalue weighted by atomic mass is 10.1. The van der Waals surface area contributed by atoms with Gasteiger partial charge >= 0.3 is 0 Å². The lowest BCUT2D eigenvalue weighted by Gasteiger charge is -2.07. The molecule has 0 aliphatic heterocycles. The zero-order valence-corrected chi connectivity index (χ0v) is 15.8. The fraction of sp³-hybridized carbons (Fsp3) is 0.200. The van der Waals surface area contributed by atoms with Crippen LogP contribution in [-0.2, 0) is 17.8 Å². The van der Waals surface area contributed by atoms with E-state index in [2.05, 4.69) is 15.5 Å². The van der Waals surface area contributed by atoms with Gasteiger partial charge in [-0.2, -0.15) is 0 Å². The summed E-state index contributed by atoms with van der Waals surface area (Å²) >= 11 is 1.27. The Morgan fingerprint density at radius 3 is 2.33 bits per heavy atom. The number of aromatic nitrogens is 3. The molecule has 2 aromatic carbocycles. The number of rotatable bonds is 7. The van der Waals surface area contributed by atoms with Gasteiger partial charge in [0.15, 0.2) is 5.16 Å². The van der Waals surface area contributed by atoms with Crippen LogP contribution in [0.3, 0.4) is 0 Å². The molecule has 0 unspecified atom stereocenters. The van der Waals surface area contributed by atoms with E-state index in [1.54, 1.807) is 24.3 Å². The molecule has 0 atom stereocenters. The van der Waals surface area contributed by atoms with Crippen molar-refractivity contribution in [1.29, 1.82) is 0 Å². The summed E-state index contributed by atoms with van der Waals surface area (Å²) in [5.74, 6) is 0.196. The van der Waals surface area contributed by atoms with Crippen molar-refractivity contribution in [2.75, 3.05) is 5.75 Å². The lowest BCUT2D eigenvalue weighted by Crippen LogP contribution is -2.31. The second-order valence-corrected chi connectivity index (χ2v) is 6.78. The first-order valence-corrected chi connectivity index (χ1v) is 9.64. The maximum Gasteiger partial charge on any atom is 0.257 e. The minimum absolute atomic E-state index is 0.0992. The largest absolute Gasteiger partial charge is 0.306 e. The number of nitrogens with one attached hydrogen (secondary N) is 1. The average molecular weight is 380 g/mol. The predicted molar refractivity (Wildman–Crippen MR) is 105 cm³/mol. The van der Waals surface area contributed by atoms with Crippen LogP contribution >= 0.6 is 11.8 Å². The molecule has 1 heterocycles. The minimum atomic E-state index is -0.400. The minimum Gasteiger partial charge on any atom is -0.306 e. The van der Waals surface area contributed by atoms with Crippen molar-refractivity contribution < 1.29 is 9.59 Å². The maximum absolute atomic E-state index is 12.1. The number of amides is 2. The highest BCUT2D eigenvalue weighted by Gasteiger charge is 2.15. The van der Waals surface area contributed by atoms with E-state index in [1.165, 1.54) is 11.8 Å². The van der Waals surface area contributed by atoms with E-state index in [0.717, 1.165) is 11.4 Å². The summed E-state index contributed by atoms with van der Waals surface area (Å²) in [6.45, 7) is 2.73. The van der Waals surface area contributed by atoms with Gasteiger partial charge in [-0.15, -0.1) is 10.2 Å². The Labute approximate surface area is 162 Å². The Hall–Kier alpha value is -2.93. The third-order valence-electron chi connectivity index (χ3n) is 3.94. The third-order valence-corrected chi connectivity index (χ3v) is 4.90. The number of carbonyl (C=O) groups excluding carboxylic acids is 2. The number of hydrogen-bond acceptors (Lipinski definition) is 5. The number of nitrogens with zero attached hydrogens (tertiary/aromatic N) is 3. The van der Waals surface area contributed by atoms with Crippen LogP contribution in [0.15, 0.2) is 65.8 Å². The molecule has 1 aromatic heterocycles. The van der Waals surface area contributed by atoms with Gasteiger partial charge < -0.3 is 4.57 Å². The summed E-state index contributed by atoms with van der Waals surface area (Å²) < 4.78 is 1.99. The first-order valence-electron chi connectivity index (χ1n) is 8.65. The molecule has 1 N–H and O–H groups in total. The molecule has 6 nitrogen and oxygen atoms in total. The molecule has 0 spiro atoms. The molecule has 0 aliphatic rings. The Kier molecular flexibility index (Phi) is 6.38. The first kappa shape index (κ1) is 18.8. The Morgan fingerprint density at radius 1 is 1.00 bits per heavy atom. The number of thioether (sulfide) groups is 1. The third kappa shape index (κ3) is 5.04. The Balaban J connectivity index is 1.59. The topological polar surface area (TPSA) is 76.9 Å². The smallest absolute Gasteiger partial charge is 0.257 e. The molecule has 0 saturated heterocycles. The van der Waals surface area contributed by atoms with Crippen LogP contribution in [0.5, 0.6) is 0 Å². The van der Waals surface area contributed by atoms with Crippen LogP contribution in [0.2, 0.25) is 0 Å². The fourth-order valence-corrected chi connectivity index (χ4v) is 3.43. The molecule has 0 radical (unpaired) electrons. The van der Waals surface area contributed by atoms with E-state index >= 15 is 0 Å². The van der Waals surface area contributed by atoms with Gasteiger partial charge in [-0.05, 0) is 24.6 Å². The number of hydrogen-bond donors (Lipinski definition) is 1. The van der Waals surface area contributed by atoms with Gasteiger partial charge in [-0.1, -0.05) is 60.3 Å². The second kappa shape index (κ2) is 9.14. The molecule has 27 heavy (non-hydrogen) atoms. The van der Waals surface area contributed by atoms with Crippen molar-refractivity contribution in [3.8, 4) is 0 Å². The number of imide groups is 1. The van der Waals surface area contributed by atoms with Crippen LogP contribution in [0, 0.1) is 0 Å². The Bertz CT molecular complexity index is 910.